The first kappa shape index (κ1) is 13.9. The second-order valence-corrected chi connectivity index (χ2v) is 6.14. The maximum atomic E-state index is 6.46. The topological polar surface area (TPSA) is 26.0 Å². The van der Waals surface area contributed by atoms with E-state index < -0.39 is 0 Å². The van der Waals surface area contributed by atoms with Crippen molar-refractivity contribution in [3.05, 3.63) is 34.3 Å². The predicted octanol–water partition coefficient (Wildman–Crippen LogP) is 4.86. The highest BCUT2D eigenvalue weighted by molar-refractivity contribution is 6.31. The summed E-state index contributed by atoms with van der Waals surface area (Å²) in [7, 11) is 0. The van der Waals surface area contributed by atoms with Crippen LogP contribution >= 0.6 is 11.6 Å². The van der Waals surface area contributed by atoms with Crippen molar-refractivity contribution in [2.45, 2.75) is 52.0 Å². The molecule has 0 radical (unpaired) electrons. The van der Waals surface area contributed by atoms with Crippen LogP contribution in [0, 0.1) is 18.8 Å². The molecule has 2 rings (SSSR count). The number of hydrogen-bond acceptors (Lipinski definition) is 1. The average molecular weight is 266 g/mol. The molecule has 1 saturated carbocycles. The molecule has 18 heavy (non-hydrogen) atoms. The third-order valence-electron chi connectivity index (χ3n) is 4.48. The fourth-order valence-electron chi connectivity index (χ4n) is 3.18. The van der Waals surface area contributed by atoms with Gasteiger partial charge in [-0.05, 0) is 48.8 Å². The Labute approximate surface area is 116 Å². The van der Waals surface area contributed by atoms with Crippen molar-refractivity contribution in [3.63, 3.8) is 0 Å². The van der Waals surface area contributed by atoms with Crippen LogP contribution in [-0.2, 0) is 0 Å². The molecule has 1 aliphatic rings. The quantitative estimate of drug-likeness (QED) is 0.829. The van der Waals surface area contributed by atoms with Crippen LogP contribution in [0.25, 0.3) is 0 Å². The Bertz CT molecular complexity index is 402. The first-order chi connectivity index (χ1) is 8.61. The molecule has 0 saturated heterocycles. The van der Waals surface area contributed by atoms with E-state index in [1.807, 2.05) is 13.0 Å². The van der Waals surface area contributed by atoms with E-state index in [1.165, 1.54) is 37.7 Å². The van der Waals surface area contributed by atoms with E-state index in [2.05, 4.69) is 19.1 Å². The molecular formula is C16H24ClN. The van der Waals surface area contributed by atoms with Gasteiger partial charge < -0.3 is 5.73 Å². The van der Waals surface area contributed by atoms with Gasteiger partial charge in [-0.25, -0.2) is 0 Å². The molecule has 1 aromatic rings. The zero-order valence-corrected chi connectivity index (χ0v) is 12.2. The third-order valence-corrected chi connectivity index (χ3v) is 4.90. The van der Waals surface area contributed by atoms with Gasteiger partial charge in [0.15, 0.2) is 0 Å². The normalized spacial score (nSPS) is 26.0. The number of halogens is 1. The van der Waals surface area contributed by atoms with Crippen LogP contribution < -0.4 is 5.73 Å². The van der Waals surface area contributed by atoms with Gasteiger partial charge in [0.1, 0.15) is 0 Å². The van der Waals surface area contributed by atoms with Gasteiger partial charge in [0.2, 0.25) is 0 Å². The maximum absolute atomic E-state index is 6.46. The monoisotopic (exact) mass is 265 g/mol. The predicted molar refractivity (Wildman–Crippen MR) is 78.9 cm³/mol. The molecule has 1 aliphatic carbocycles. The fourth-order valence-corrected chi connectivity index (χ4v) is 3.29. The average Bonchev–Trinajstić information content (AvgIpc) is 2.41. The van der Waals surface area contributed by atoms with Crippen LogP contribution in [0.4, 0.5) is 0 Å². The number of benzene rings is 1. The lowest BCUT2D eigenvalue weighted by atomic mass is 9.75. The molecule has 0 bridgehead atoms. The zero-order chi connectivity index (χ0) is 13.1. The first-order valence-electron chi connectivity index (χ1n) is 7.13. The minimum atomic E-state index is 0.176. The second-order valence-electron chi connectivity index (χ2n) is 5.74. The van der Waals surface area contributed by atoms with Crippen molar-refractivity contribution in [3.8, 4) is 0 Å². The van der Waals surface area contributed by atoms with Crippen molar-refractivity contribution in [1.29, 1.82) is 0 Å². The third kappa shape index (κ3) is 3.07. The van der Waals surface area contributed by atoms with Gasteiger partial charge in [-0.3, -0.25) is 0 Å². The van der Waals surface area contributed by atoms with Crippen molar-refractivity contribution in [1.82, 2.24) is 0 Å². The number of rotatable bonds is 3. The Hall–Kier alpha value is -0.530. The van der Waals surface area contributed by atoms with E-state index in [9.17, 15) is 0 Å². The van der Waals surface area contributed by atoms with E-state index >= 15 is 0 Å². The van der Waals surface area contributed by atoms with Crippen LogP contribution in [0.1, 0.15) is 56.2 Å². The number of aryl methyl sites for hydroxylation is 1. The highest BCUT2D eigenvalue weighted by Gasteiger charge is 2.26. The molecule has 0 aromatic heterocycles. The Balaban J connectivity index is 2.10. The Kier molecular flexibility index (Phi) is 4.69. The van der Waals surface area contributed by atoms with Gasteiger partial charge in [0.05, 0.1) is 0 Å². The molecular weight excluding hydrogens is 242 g/mol. The van der Waals surface area contributed by atoms with E-state index in [4.69, 9.17) is 17.3 Å². The first-order valence-corrected chi connectivity index (χ1v) is 7.51. The summed E-state index contributed by atoms with van der Waals surface area (Å²) < 4.78 is 0. The van der Waals surface area contributed by atoms with Crippen LogP contribution in [0.2, 0.25) is 5.02 Å². The molecule has 0 aliphatic heterocycles. The summed E-state index contributed by atoms with van der Waals surface area (Å²) in [5.74, 6) is 1.52. The summed E-state index contributed by atoms with van der Waals surface area (Å²) in [6, 6.07) is 6.40. The van der Waals surface area contributed by atoms with E-state index in [-0.39, 0.29) is 6.04 Å². The van der Waals surface area contributed by atoms with E-state index in [1.54, 1.807) is 0 Å². The second kappa shape index (κ2) is 6.08. The minimum Gasteiger partial charge on any atom is -0.324 e. The molecule has 1 fully saturated rings. The summed E-state index contributed by atoms with van der Waals surface area (Å²) in [6.07, 6.45) is 6.59. The van der Waals surface area contributed by atoms with Gasteiger partial charge in [-0.2, -0.15) is 0 Å². The summed E-state index contributed by atoms with van der Waals surface area (Å²) >= 11 is 6.08. The molecule has 100 valence electrons. The Morgan fingerprint density at radius 2 is 2.17 bits per heavy atom. The van der Waals surface area contributed by atoms with E-state index in [0.29, 0.717) is 5.92 Å². The lowest BCUT2D eigenvalue weighted by Gasteiger charge is -2.32. The highest BCUT2D eigenvalue weighted by atomic mass is 35.5. The molecule has 1 nitrogen and oxygen atoms in total. The Morgan fingerprint density at radius 3 is 2.83 bits per heavy atom. The van der Waals surface area contributed by atoms with Crippen LogP contribution in [0.5, 0.6) is 0 Å². The van der Waals surface area contributed by atoms with Crippen LogP contribution in [-0.4, -0.2) is 0 Å². The minimum absolute atomic E-state index is 0.176. The molecule has 2 N–H and O–H groups in total. The number of nitrogens with two attached hydrogens (primary N) is 1. The van der Waals surface area contributed by atoms with Gasteiger partial charge in [-0.15, -0.1) is 0 Å². The lowest BCUT2D eigenvalue weighted by molar-refractivity contribution is 0.230. The standard InChI is InChI=1S/C16H24ClN/c1-3-12-5-4-6-13(10-12)16(18)14-7-8-15(17)11(2)9-14/h7-9,12-13,16H,3-6,10,18H2,1-2H3. The summed E-state index contributed by atoms with van der Waals surface area (Å²) in [4.78, 5) is 0. The molecule has 3 unspecified atom stereocenters. The van der Waals surface area contributed by atoms with Gasteiger partial charge in [0, 0.05) is 11.1 Å². The smallest absolute Gasteiger partial charge is 0.0435 e. The highest BCUT2D eigenvalue weighted by Crippen LogP contribution is 2.37. The van der Waals surface area contributed by atoms with Crippen molar-refractivity contribution in [2.75, 3.05) is 0 Å². The molecule has 2 heteroatoms. The molecule has 0 amide bonds. The zero-order valence-electron chi connectivity index (χ0n) is 11.5. The van der Waals surface area contributed by atoms with Gasteiger partial charge >= 0.3 is 0 Å². The maximum Gasteiger partial charge on any atom is 0.0435 e. The summed E-state index contributed by atoms with van der Waals surface area (Å²) in [5, 5.41) is 0.834. The molecule has 1 aromatic carbocycles. The van der Waals surface area contributed by atoms with E-state index in [0.717, 1.165) is 16.5 Å². The molecule has 0 spiro atoms. The fraction of sp³-hybridized carbons (Fsp3) is 0.625. The Morgan fingerprint density at radius 1 is 1.39 bits per heavy atom. The molecule has 0 heterocycles. The van der Waals surface area contributed by atoms with Crippen molar-refractivity contribution < 1.29 is 0 Å². The number of hydrogen-bond donors (Lipinski definition) is 1. The van der Waals surface area contributed by atoms with Gasteiger partial charge in [-0.1, -0.05) is 49.9 Å². The van der Waals surface area contributed by atoms with Crippen LogP contribution in [0.15, 0.2) is 18.2 Å². The van der Waals surface area contributed by atoms with Gasteiger partial charge in [0.25, 0.3) is 0 Å². The van der Waals surface area contributed by atoms with Crippen molar-refractivity contribution >= 4 is 11.6 Å². The largest absolute Gasteiger partial charge is 0.324 e. The molecule has 3 atom stereocenters. The summed E-state index contributed by atoms with van der Waals surface area (Å²) in [5.41, 5.74) is 8.84. The SMILES string of the molecule is CCC1CCCC(C(N)c2ccc(Cl)c(C)c2)C1. The summed E-state index contributed by atoms with van der Waals surface area (Å²) in [6.45, 7) is 4.35. The van der Waals surface area contributed by atoms with Crippen molar-refractivity contribution in [2.24, 2.45) is 17.6 Å². The van der Waals surface area contributed by atoms with Crippen LogP contribution in [0.3, 0.4) is 0 Å². The lowest BCUT2D eigenvalue weighted by Crippen LogP contribution is -2.26.